The van der Waals surface area contributed by atoms with E-state index in [0.717, 1.165) is 10.5 Å². The fourth-order valence-electron chi connectivity index (χ4n) is 4.86. The molecule has 4 heterocycles. The molecule has 0 bridgehead atoms. The Bertz CT molecular complexity index is 1850. The van der Waals surface area contributed by atoms with E-state index < -0.39 is 42.4 Å². The number of hydrogen-bond acceptors (Lipinski definition) is 13. The molecule has 3 aromatic heterocycles. The van der Waals surface area contributed by atoms with E-state index in [4.69, 9.17) is 28.9 Å². The SMILES string of the molecule is CC(=O)OC[C@H]1O[C@@H](n2cnc3c(Sc4ccccc4)nc(-n4cc(-c5ccccc5)nn4)nc32)[C@H](OC(C)=O)[C@@H]1OC(C)=O. The van der Waals surface area contributed by atoms with Gasteiger partial charge in [-0.3, -0.25) is 19.0 Å². The van der Waals surface area contributed by atoms with Crippen molar-refractivity contribution in [1.29, 1.82) is 0 Å². The Morgan fingerprint density at radius 2 is 1.58 bits per heavy atom. The first-order valence-corrected chi connectivity index (χ1v) is 14.7. The summed E-state index contributed by atoms with van der Waals surface area (Å²) in [5.74, 6) is -1.61. The van der Waals surface area contributed by atoms with Crippen molar-refractivity contribution in [3.63, 3.8) is 0 Å². The van der Waals surface area contributed by atoms with Crippen LogP contribution in [0.5, 0.6) is 0 Å². The molecule has 0 unspecified atom stereocenters. The standard InChI is InChI=1S/C30H27N7O7S/c1-17(38)41-15-23-25(42-18(2)39)26(43-19(3)40)29(44-23)36-16-31-24-27(36)32-30(33-28(24)45-21-12-8-5-9-13-21)37-14-22(34-35-37)20-10-6-4-7-11-20/h4-14,16,23,25-26,29H,15H2,1-3H3/t23-,25-,26-,29-/m1/s1. The van der Waals surface area contributed by atoms with Gasteiger partial charge in [-0.05, 0) is 12.1 Å². The van der Waals surface area contributed by atoms with Gasteiger partial charge < -0.3 is 18.9 Å². The molecule has 0 saturated carbocycles. The summed E-state index contributed by atoms with van der Waals surface area (Å²) in [7, 11) is 0. The molecule has 2 aromatic carbocycles. The van der Waals surface area contributed by atoms with Gasteiger partial charge in [-0.1, -0.05) is 65.5 Å². The number of benzene rings is 2. The third kappa shape index (κ3) is 6.53. The molecule has 45 heavy (non-hydrogen) atoms. The zero-order chi connectivity index (χ0) is 31.5. The number of fused-ring (bicyclic) bond motifs is 1. The lowest BCUT2D eigenvalue weighted by atomic mass is 10.1. The number of carbonyl (C=O) groups is 3. The van der Waals surface area contributed by atoms with Gasteiger partial charge in [-0.2, -0.15) is 9.67 Å². The van der Waals surface area contributed by atoms with E-state index >= 15 is 0 Å². The molecular formula is C30H27N7O7S. The Hall–Kier alpha value is -5.15. The molecule has 0 N–H and O–H groups in total. The van der Waals surface area contributed by atoms with Crippen molar-refractivity contribution in [2.45, 2.75) is 55.2 Å². The van der Waals surface area contributed by atoms with Gasteiger partial charge >= 0.3 is 17.9 Å². The van der Waals surface area contributed by atoms with Crippen LogP contribution in [0.1, 0.15) is 27.0 Å². The second-order valence-electron chi connectivity index (χ2n) is 10.00. The van der Waals surface area contributed by atoms with E-state index in [1.165, 1.54) is 43.5 Å². The first-order valence-electron chi connectivity index (χ1n) is 13.9. The van der Waals surface area contributed by atoms with Crippen LogP contribution in [0.4, 0.5) is 0 Å². The number of imidazole rings is 1. The maximum absolute atomic E-state index is 12.2. The molecule has 14 nitrogen and oxygen atoms in total. The monoisotopic (exact) mass is 629 g/mol. The van der Waals surface area contributed by atoms with Crippen LogP contribution in [0.3, 0.4) is 0 Å². The van der Waals surface area contributed by atoms with Crippen LogP contribution in [0, 0.1) is 0 Å². The number of aromatic nitrogens is 7. The first kappa shape index (κ1) is 29.9. The Balaban J connectivity index is 1.46. The summed E-state index contributed by atoms with van der Waals surface area (Å²) in [6.07, 6.45) is -1.02. The number of rotatable bonds is 9. The number of esters is 3. The summed E-state index contributed by atoms with van der Waals surface area (Å²) in [5, 5.41) is 9.10. The van der Waals surface area contributed by atoms with Crippen molar-refractivity contribution in [2.24, 2.45) is 0 Å². The molecule has 4 atom stereocenters. The maximum atomic E-state index is 12.2. The van der Waals surface area contributed by atoms with Gasteiger partial charge in [0.15, 0.2) is 24.1 Å². The van der Waals surface area contributed by atoms with E-state index in [1.807, 2.05) is 60.7 Å². The van der Waals surface area contributed by atoms with Crippen molar-refractivity contribution in [3.8, 4) is 17.2 Å². The van der Waals surface area contributed by atoms with E-state index in [-0.39, 0.29) is 12.6 Å². The van der Waals surface area contributed by atoms with Crippen LogP contribution in [0.25, 0.3) is 28.4 Å². The highest BCUT2D eigenvalue weighted by molar-refractivity contribution is 7.99. The zero-order valence-corrected chi connectivity index (χ0v) is 25.2. The van der Waals surface area contributed by atoms with Gasteiger partial charge in [-0.15, -0.1) is 5.10 Å². The van der Waals surface area contributed by atoms with Crippen molar-refractivity contribution < 1.29 is 33.3 Å². The average Bonchev–Trinajstić information content (AvgIpc) is 3.75. The van der Waals surface area contributed by atoms with Crippen molar-refractivity contribution in [2.75, 3.05) is 6.61 Å². The molecule has 1 fully saturated rings. The van der Waals surface area contributed by atoms with Gasteiger partial charge in [0.1, 0.15) is 28.9 Å². The van der Waals surface area contributed by atoms with Crippen molar-refractivity contribution in [1.82, 2.24) is 34.5 Å². The number of ether oxygens (including phenoxy) is 4. The quantitative estimate of drug-likeness (QED) is 0.132. The lowest BCUT2D eigenvalue weighted by Crippen LogP contribution is -2.40. The van der Waals surface area contributed by atoms with Crippen molar-refractivity contribution >= 4 is 40.8 Å². The normalized spacial score (nSPS) is 19.4. The highest BCUT2D eigenvalue weighted by Gasteiger charge is 2.51. The predicted octanol–water partition coefficient (Wildman–Crippen LogP) is 3.55. The van der Waals surface area contributed by atoms with Crippen LogP contribution in [0.15, 0.2) is 83.1 Å². The average molecular weight is 630 g/mol. The lowest BCUT2D eigenvalue weighted by molar-refractivity contribution is -0.166. The Morgan fingerprint density at radius 1 is 0.889 bits per heavy atom. The molecule has 15 heteroatoms. The van der Waals surface area contributed by atoms with Crippen LogP contribution in [-0.4, -0.2) is 77.3 Å². The Morgan fingerprint density at radius 3 is 2.27 bits per heavy atom. The lowest BCUT2D eigenvalue weighted by Gasteiger charge is -2.23. The molecule has 1 saturated heterocycles. The summed E-state index contributed by atoms with van der Waals surface area (Å²) in [5.41, 5.74) is 2.25. The summed E-state index contributed by atoms with van der Waals surface area (Å²) >= 11 is 1.38. The molecular weight excluding hydrogens is 602 g/mol. The van der Waals surface area contributed by atoms with Gasteiger partial charge in [0, 0.05) is 31.2 Å². The Labute approximate surface area is 260 Å². The summed E-state index contributed by atoms with van der Waals surface area (Å²) in [4.78, 5) is 51.0. The van der Waals surface area contributed by atoms with Crippen LogP contribution in [-0.2, 0) is 33.3 Å². The zero-order valence-electron chi connectivity index (χ0n) is 24.3. The first-order chi connectivity index (χ1) is 21.8. The smallest absolute Gasteiger partial charge is 0.303 e. The number of hydrogen-bond donors (Lipinski definition) is 0. The van der Waals surface area contributed by atoms with Gasteiger partial charge in [0.05, 0.1) is 12.5 Å². The van der Waals surface area contributed by atoms with Crippen LogP contribution in [0.2, 0.25) is 0 Å². The third-order valence-electron chi connectivity index (χ3n) is 6.72. The van der Waals surface area contributed by atoms with Gasteiger partial charge in [0.25, 0.3) is 5.95 Å². The highest BCUT2D eigenvalue weighted by atomic mass is 32.2. The van der Waals surface area contributed by atoms with E-state index in [2.05, 4.69) is 15.3 Å². The Kier molecular flexibility index (Phi) is 8.53. The second kappa shape index (κ2) is 12.8. The minimum atomic E-state index is -1.12. The third-order valence-corrected chi connectivity index (χ3v) is 7.70. The second-order valence-corrected chi connectivity index (χ2v) is 11.1. The molecule has 6 rings (SSSR count). The molecule has 230 valence electrons. The number of carbonyl (C=O) groups excluding carboxylic acids is 3. The molecule has 1 aliphatic rings. The topological polar surface area (TPSA) is 162 Å². The summed E-state index contributed by atoms with van der Waals surface area (Å²) in [6.45, 7) is 3.46. The summed E-state index contributed by atoms with van der Waals surface area (Å²) < 4.78 is 25.6. The van der Waals surface area contributed by atoms with E-state index in [1.54, 1.807) is 10.8 Å². The highest BCUT2D eigenvalue weighted by Crippen LogP contribution is 2.38. The van der Waals surface area contributed by atoms with E-state index in [0.29, 0.717) is 21.9 Å². The van der Waals surface area contributed by atoms with Crippen molar-refractivity contribution in [3.05, 3.63) is 73.2 Å². The fraction of sp³-hybridized carbons (Fsp3) is 0.267. The fourth-order valence-corrected chi connectivity index (χ4v) is 5.74. The largest absolute Gasteiger partial charge is 0.463 e. The van der Waals surface area contributed by atoms with Crippen LogP contribution < -0.4 is 0 Å². The van der Waals surface area contributed by atoms with Gasteiger partial charge in [0.2, 0.25) is 0 Å². The van der Waals surface area contributed by atoms with Gasteiger partial charge in [-0.25, -0.2) is 9.97 Å². The van der Waals surface area contributed by atoms with Crippen LogP contribution >= 0.6 is 11.8 Å². The molecule has 0 aliphatic carbocycles. The molecule has 0 amide bonds. The predicted molar refractivity (Wildman–Crippen MR) is 158 cm³/mol. The minimum Gasteiger partial charge on any atom is -0.463 e. The van der Waals surface area contributed by atoms with E-state index in [9.17, 15) is 14.4 Å². The maximum Gasteiger partial charge on any atom is 0.303 e. The number of nitrogens with zero attached hydrogens (tertiary/aromatic N) is 7. The summed E-state index contributed by atoms with van der Waals surface area (Å²) in [6, 6.07) is 19.2. The molecule has 5 aromatic rings. The molecule has 1 aliphatic heterocycles. The minimum absolute atomic E-state index is 0.201. The molecule has 0 radical (unpaired) electrons. The molecule has 0 spiro atoms.